The van der Waals surface area contributed by atoms with Gasteiger partial charge in [0.25, 0.3) is 5.69 Å². The first-order valence-corrected chi connectivity index (χ1v) is 4.90. The van der Waals surface area contributed by atoms with E-state index < -0.39 is 4.92 Å². The summed E-state index contributed by atoms with van der Waals surface area (Å²) in [6.07, 6.45) is 0. The minimum atomic E-state index is -0.514. The van der Waals surface area contributed by atoms with Gasteiger partial charge in [-0.3, -0.25) is 10.1 Å². The number of hydrogen-bond acceptors (Lipinski definition) is 5. The molecular weight excluding hydrogens is 238 g/mol. The van der Waals surface area contributed by atoms with Crippen LogP contribution in [-0.2, 0) is 0 Å². The van der Waals surface area contributed by atoms with Crippen LogP contribution in [-0.4, -0.2) is 20.2 Å². The zero-order valence-electron chi connectivity index (χ0n) is 9.22. The van der Waals surface area contributed by atoms with Gasteiger partial charge in [0.2, 0.25) is 0 Å². The van der Waals surface area contributed by atoms with Crippen molar-refractivity contribution < 1.29 is 20.2 Å². The van der Waals surface area contributed by atoms with Crippen LogP contribution in [0.4, 0.5) is 5.69 Å². The largest absolute Gasteiger partial charge is 0.508 e. The van der Waals surface area contributed by atoms with E-state index in [1.54, 1.807) is 0 Å². The van der Waals surface area contributed by atoms with Gasteiger partial charge in [0.1, 0.15) is 17.2 Å². The van der Waals surface area contributed by atoms with Gasteiger partial charge in [-0.1, -0.05) is 0 Å². The molecule has 0 amide bonds. The topological polar surface area (TPSA) is 104 Å². The molecule has 0 unspecified atom stereocenters. The molecule has 0 saturated heterocycles. The van der Waals surface area contributed by atoms with Gasteiger partial charge < -0.3 is 15.3 Å². The van der Waals surface area contributed by atoms with Crippen LogP contribution in [0.25, 0.3) is 0 Å². The van der Waals surface area contributed by atoms with Crippen molar-refractivity contribution in [3.8, 4) is 17.2 Å². The molecule has 0 saturated carbocycles. The molecule has 6 nitrogen and oxygen atoms in total. The molecule has 0 radical (unpaired) electrons. The number of rotatable bonds is 1. The van der Waals surface area contributed by atoms with E-state index in [-0.39, 0.29) is 22.9 Å². The van der Waals surface area contributed by atoms with E-state index in [1.165, 1.54) is 48.5 Å². The van der Waals surface area contributed by atoms with Gasteiger partial charge in [-0.2, -0.15) is 0 Å². The minimum absolute atomic E-state index is 0.0159. The highest BCUT2D eigenvalue weighted by Crippen LogP contribution is 2.15. The molecule has 0 aliphatic heterocycles. The van der Waals surface area contributed by atoms with Crippen LogP contribution in [0.3, 0.4) is 0 Å². The van der Waals surface area contributed by atoms with E-state index in [2.05, 4.69) is 0 Å². The van der Waals surface area contributed by atoms with Crippen molar-refractivity contribution in [3.05, 3.63) is 58.6 Å². The molecule has 3 N–H and O–H groups in total. The number of phenols is 3. The van der Waals surface area contributed by atoms with Gasteiger partial charge in [0.15, 0.2) is 0 Å². The molecule has 2 rings (SSSR count). The predicted octanol–water partition coefficient (Wildman–Crippen LogP) is 2.40. The van der Waals surface area contributed by atoms with Gasteiger partial charge in [-0.15, -0.1) is 0 Å². The summed E-state index contributed by atoms with van der Waals surface area (Å²) in [5, 5.41) is 36.0. The summed E-state index contributed by atoms with van der Waals surface area (Å²) < 4.78 is 0. The third kappa shape index (κ3) is 4.40. The quantitative estimate of drug-likeness (QED) is 0.409. The molecule has 0 fully saturated rings. The molecule has 0 aliphatic rings. The Balaban J connectivity index is 0.000000184. The van der Waals surface area contributed by atoms with E-state index in [0.717, 1.165) is 0 Å². The number of phenolic OH excluding ortho intramolecular Hbond substituents is 3. The van der Waals surface area contributed by atoms with Gasteiger partial charge in [-0.25, -0.2) is 0 Å². The maximum Gasteiger partial charge on any atom is 0.269 e. The first-order valence-electron chi connectivity index (χ1n) is 4.90. The van der Waals surface area contributed by atoms with Gasteiger partial charge in [0, 0.05) is 12.1 Å². The Labute approximate surface area is 103 Å². The van der Waals surface area contributed by atoms with Crippen LogP contribution < -0.4 is 0 Å². The summed E-state index contributed by atoms with van der Waals surface area (Å²) in [6, 6.07) is 10.7. The number of nitrogens with zero attached hydrogens (tertiary/aromatic N) is 1. The number of aromatic hydroxyl groups is 3. The van der Waals surface area contributed by atoms with Gasteiger partial charge in [0.05, 0.1) is 4.92 Å². The molecule has 2 aromatic rings. The maximum absolute atomic E-state index is 10.0. The van der Waals surface area contributed by atoms with E-state index in [9.17, 15) is 10.1 Å². The lowest BCUT2D eigenvalue weighted by molar-refractivity contribution is -0.384. The lowest BCUT2D eigenvalue weighted by Crippen LogP contribution is -1.85. The monoisotopic (exact) mass is 249 g/mol. The van der Waals surface area contributed by atoms with Crippen molar-refractivity contribution in [1.29, 1.82) is 0 Å². The average molecular weight is 249 g/mol. The van der Waals surface area contributed by atoms with Crippen LogP contribution in [0, 0.1) is 10.1 Å². The van der Waals surface area contributed by atoms with Crippen LogP contribution in [0.15, 0.2) is 48.5 Å². The third-order valence-corrected chi connectivity index (χ3v) is 1.91. The van der Waals surface area contributed by atoms with Crippen LogP contribution >= 0.6 is 0 Å². The molecule has 0 spiro atoms. The number of nitro benzene ring substituents is 1. The van der Waals surface area contributed by atoms with Crippen LogP contribution in [0.5, 0.6) is 17.2 Å². The molecule has 0 aromatic heterocycles. The Morgan fingerprint density at radius 2 is 1.00 bits per heavy atom. The number of hydrogen-bond donors (Lipinski definition) is 3. The van der Waals surface area contributed by atoms with E-state index in [4.69, 9.17) is 15.3 Å². The Morgan fingerprint density at radius 1 is 0.722 bits per heavy atom. The summed E-state index contributed by atoms with van der Waals surface area (Å²) in [6.45, 7) is 0. The lowest BCUT2D eigenvalue weighted by atomic mass is 10.3. The second-order valence-corrected chi connectivity index (χ2v) is 3.29. The van der Waals surface area contributed by atoms with E-state index in [0.29, 0.717) is 0 Å². The highest BCUT2D eigenvalue weighted by molar-refractivity contribution is 5.35. The van der Waals surface area contributed by atoms with Crippen LogP contribution in [0.2, 0.25) is 0 Å². The van der Waals surface area contributed by atoms with Crippen molar-refractivity contribution in [2.24, 2.45) is 0 Å². The van der Waals surface area contributed by atoms with Gasteiger partial charge >= 0.3 is 0 Å². The van der Waals surface area contributed by atoms with Crippen molar-refractivity contribution in [2.75, 3.05) is 0 Å². The summed E-state index contributed by atoms with van der Waals surface area (Å²) in [5.41, 5.74) is -0.0159. The Bertz CT molecular complexity index is 486. The summed E-state index contributed by atoms with van der Waals surface area (Å²) >= 11 is 0. The number of nitro groups is 1. The fourth-order valence-corrected chi connectivity index (χ4v) is 1.03. The zero-order chi connectivity index (χ0) is 13.5. The molecule has 0 atom stereocenters. The lowest BCUT2D eigenvalue weighted by Gasteiger charge is -1.89. The maximum atomic E-state index is 10.0. The summed E-state index contributed by atoms with van der Waals surface area (Å²) in [7, 11) is 0. The molecule has 18 heavy (non-hydrogen) atoms. The standard InChI is InChI=1S/C6H5NO3.C6H6O2/c8-6-3-1-5(2-4-6)7(9)10;7-5-1-2-6(8)4-3-5/h1-4,8H;1-4,7-8H. The third-order valence-electron chi connectivity index (χ3n) is 1.91. The Kier molecular flexibility index (Phi) is 4.50. The molecule has 6 heteroatoms. The smallest absolute Gasteiger partial charge is 0.269 e. The van der Waals surface area contributed by atoms with Crippen molar-refractivity contribution in [2.45, 2.75) is 0 Å². The summed E-state index contributed by atoms with van der Waals surface area (Å²) in [4.78, 5) is 9.52. The minimum Gasteiger partial charge on any atom is -0.508 e. The predicted molar refractivity (Wildman–Crippen MR) is 64.5 cm³/mol. The normalized spacial score (nSPS) is 9.11. The molecule has 0 aliphatic carbocycles. The molecule has 0 bridgehead atoms. The first kappa shape index (κ1) is 13.3. The molecule has 94 valence electrons. The highest BCUT2D eigenvalue weighted by Gasteiger charge is 2.01. The second kappa shape index (κ2) is 6.09. The van der Waals surface area contributed by atoms with E-state index in [1.807, 2.05) is 0 Å². The van der Waals surface area contributed by atoms with Gasteiger partial charge in [-0.05, 0) is 36.4 Å². The molecule has 2 aromatic carbocycles. The van der Waals surface area contributed by atoms with E-state index >= 15 is 0 Å². The summed E-state index contributed by atoms with van der Waals surface area (Å²) in [5.74, 6) is 0.371. The highest BCUT2D eigenvalue weighted by atomic mass is 16.6. The van der Waals surface area contributed by atoms with Crippen molar-refractivity contribution in [3.63, 3.8) is 0 Å². The van der Waals surface area contributed by atoms with Crippen LogP contribution in [0.1, 0.15) is 0 Å². The zero-order valence-corrected chi connectivity index (χ0v) is 9.22. The average Bonchev–Trinajstić information content (AvgIpc) is 2.34. The first-order chi connectivity index (χ1) is 8.49. The van der Waals surface area contributed by atoms with Crippen molar-refractivity contribution >= 4 is 5.69 Å². The second-order valence-electron chi connectivity index (χ2n) is 3.29. The Hall–Kier alpha value is -2.76. The molecule has 0 heterocycles. The van der Waals surface area contributed by atoms with Crippen molar-refractivity contribution in [1.82, 2.24) is 0 Å². The fraction of sp³-hybridized carbons (Fsp3) is 0. The fourth-order valence-electron chi connectivity index (χ4n) is 1.03. The number of benzene rings is 2. The Morgan fingerprint density at radius 3 is 1.28 bits per heavy atom. The number of non-ortho nitro benzene ring substituents is 1. The SMILES string of the molecule is O=[N+]([O-])c1ccc(O)cc1.Oc1ccc(O)cc1. The molecular formula is C12H11NO5.